The fraction of sp³-hybridized carbons (Fsp3) is 0.571. The quantitative estimate of drug-likeness (QED) is 0.612. The van der Waals surface area contributed by atoms with Crippen molar-refractivity contribution in [2.24, 2.45) is 5.73 Å². The summed E-state index contributed by atoms with van der Waals surface area (Å²) < 4.78 is 10.7. The maximum atomic E-state index is 6.11. The zero-order valence-corrected chi connectivity index (χ0v) is 12.0. The van der Waals surface area contributed by atoms with Gasteiger partial charge in [-0.05, 0) is 13.0 Å². The molecule has 0 aliphatic heterocycles. The van der Waals surface area contributed by atoms with Crippen LogP contribution in [0.2, 0.25) is 0 Å². The summed E-state index contributed by atoms with van der Waals surface area (Å²) in [5.41, 5.74) is 6.82. The Kier molecular flexibility index (Phi) is 5.93. The predicted molar refractivity (Wildman–Crippen MR) is 75.5 cm³/mol. The van der Waals surface area contributed by atoms with E-state index in [-0.39, 0.29) is 11.5 Å². The molecule has 0 saturated heterocycles. The molecule has 4 heteroatoms. The SMILES string of the molecule is COCCOc1ccccc1C(C)(CCl)C(C)N. The van der Waals surface area contributed by atoms with Gasteiger partial charge in [-0.2, -0.15) is 0 Å². The first-order valence-electron chi connectivity index (χ1n) is 6.09. The molecule has 102 valence electrons. The van der Waals surface area contributed by atoms with Crippen molar-refractivity contribution in [3.63, 3.8) is 0 Å². The Labute approximate surface area is 114 Å². The molecule has 1 aromatic carbocycles. The van der Waals surface area contributed by atoms with Gasteiger partial charge in [0, 0.05) is 30.0 Å². The predicted octanol–water partition coefficient (Wildman–Crippen LogP) is 2.56. The van der Waals surface area contributed by atoms with Gasteiger partial charge >= 0.3 is 0 Å². The number of ether oxygens (including phenoxy) is 2. The summed E-state index contributed by atoms with van der Waals surface area (Å²) >= 11 is 6.11. The molecule has 0 amide bonds. The van der Waals surface area contributed by atoms with Gasteiger partial charge in [-0.25, -0.2) is 0 Å². The molecule has 0 aliphatic rings. The third kappa shape index (κ3) is 3.37. The fourth-order valence-corrected chi connectivity index (χ4v) is 2.13. The van der Waals surface area contributed by atoms with E-state index in [1.807, 2.05) is 31.2 Å². The highest BCUT2D eigenvalue weighted by Crippen LogP contribution is 2.35. The van der Waals surface area contributed by atoms with Gasteiger partial charge in [0.05, 0.1) is 6.61 Å². The summed E-state index contributed by atoms with van der Waals surface area (Å²) in [5.74, 6) is 1.28. The monoisotopic (exact) mass is 271 g/mol. The topological polar surface area (TPSA) is 44.5 Å². The zero-order chi connectivity index (χ0) is 13.6. The van der Waals surface area contributed by atoms with Crippen LogP contribution in [0.15, 0.2) is 24.3 Å². The lowest BCUT2D eigenvalue weighted by atomic mass is 9.78. The Morgan fingerprint density at radius 1 is 1.33 bits per heavy atom. The average Bonchev–Trinajstić information content (AvgIpc) is 2.38. The van der Waals surface area contributed by atoms with Gasteiger partial charge in [0.25, 0.3) is 0 Å². The van der Waals surface area contributed by atoms with Crippen molar-refractivity contribution in [2.45, 2.75) is 25.3 Å². The summed E-state index contributed by atoms with van der Waals surface area (Å²) in [4.78, 5) is 0. The summed E-state index contributed by atoms with van der Waals surface area (Å²) in [5, 5.41) is 0. The molecule has 0 aromatic heterocycles. The molecular formula is C14H22ClNO2. The van der Waals surface area contributed by atoms with E-state index in [0.29, 0.717) is 19.1 Å². The van der Waals surface area contributed by atoms with Crippen LogP contribution >= 0.6 is 11.6 Å². The Hall–Kier alpha value is -0.770. The number of rotatable bonds is 7. The Morgan fingerprint density at radius 2 is 2.00 bits per heavy atom. The second-order valence-corrected chi connectivity index (χ2v) is 4.94. The molecule has 3 nitrogen and oxygen atoms in total. The highest BCUT2D eigenvalue weighted by molar-refractivity contribution is 6.18. The van der Waals surface area contributed by atoms with Crippen LogP contribution in [0, 0.1) is 0 Å². The molecule has 18 heavy (non-hydrogen) atoms. The molecule has 2 N–H and O–H groups in total. The summed E-state index contributed by atoms with van der Waals surface area (Å²) in [6.07, 6.45) is 0. The number of hydrogen-bond donors (Lipinski definition) is 1. The molecule has 0 saturated carbocycles. The van der Waals surface area contributed by atoms with E-state index in [1.54, 1.807) is 7.11 Å². The Morgan fingerprint density at radius 3 is 2.56 bits per heavy atom. The molecule has 0 radical (unpaired) electrons. The van der Waals surface area contributed by atoms with E-state index < -0.39 is 0 Å². The van der Waals surface area contributed by atoms with Crippen LogP contribution in [0.25, 0.3) is 0 Å². The number of hydrogen-bond acceptors (Lipinski definition) is 3. The van der Waals surface area contributed by atoms with Crippen LogP contribution in [-0.4, -0.2) is 32.2 Å². The van der Waals surface area contributed by atoms with Crippen LogP contribution < -0.4 is 10.5 Å². The van der Waals surface area contributed by atoms with Crippen molar-refractivity contribution in [3.05, 3.63) is 29.8 Å². The highest BCUT2D eigenvalue weighted by atomic mass is 35.5. The molecule has 0 bridgehead atoms. The normalized spacial score (nSPS) is 16.1. The molecule has 1 aromatic rings. The molecule has 0 heterocycles. The van der Waals surface area contributed by atoms with Crippen LogP contribution in [0.1, 0.15) is 19.4 Å². The molecule has 2 unspecified atom stereocenters. The maximum absolute atomic E-state index is 6.11. The van der Waals surface area contributed by atoms with E-state index in [1.165, 1.54) is 0 Å². The fourth-order valence-electron chi connectivity index (χ4n) is 1.74. The van der Waals surface area contributed by atoms with Gasteiger partial charge in [0.2, 0.25) is 0 Å². The van der Waals surface area contributed by atoms with E-state index in [9.17, 15) is 0 Å². The van der Waals surface area contributed by atoms with Gasteiger partial charge in [0.15, 0.2) is 0 Å². The van der Waals surface area contributed by atoms with Gasteiger partial charge in [-0.1, -0.05) is 25.1 Å². The largest absolute Gasteiger partial charge is 0.491 e. The van der Waals surface area contributed by atoms with E-state index in [2.05, 4.69) is 6.92 Å². The van der Waals surface area contributed by atoms with Crippen molar-refractivity contribution in [3.8, 4) is 5.75 Å². The van der Waals surface area contributed by atoms with E-state index >= 15 is 0 Å². The lowest BCUT2D eigenvalue weighted by Gasteiger charge is -2.33. The van der Waals surface area contributed by atoms with Crippen molar-refractivity contribution in [1.29, 1.82) is 0 Å². The standard InChI is InChI=1S/C14H22ClNO2/c1-11(16)14(2,10-15)12-6-4-5-7-13(12)18-9-8-17-3/h4-7,11H,8-10,16H2,1-3H3. The molecule has 1 rings (SSSR count). The van der Waals surface area contributed by atoms with Crippen molar-refractivity contribution in [1.82, 2.24) is 0 Å². The summed E-state index contributed by atoms with van der Waals surface area (Å²) in [6.45, 7) is 5.10. The minimum Gasteiger partial charge on any atom is -0.491 e. The lowest BCUT2D eigenvalue weighted by molar-refractivity contribution is 0.145. The number of nitrogens with two attached hydrogens (primary N) is 1. The average molecular weight is 272 g/mol. The van der Waals surface area contributed by atoms with E-state index in [4.69, 9.17) is 26.8 Å². The number of methoxy groups -OCH3 is 1. The molecular weight excluding hydrogens is 250 g/mol. The first-order valence-corrected chi connectivity index (χ1v) is 6.62. The minimum absolute atomic E-state index is 0.0535. The second kappa shape index (κ2) is 6.98. The van der Waals surface area contributed by atoms with Crippen LogP contribution in [0.5, 0.6) is 5.75 Å². The number of benzene rings is 1. The smallest absolute Gasteiger partial charge is 0.123 e. The summed E-state index contributed by atoms with van der Waals surface area (Å²) in [6, 6.07) is 7.83. The number of para-hydroxylation sites is 1. The third-order valence-electron chi connectivity index (χ3n) is 3.33. The van der Waals surface area contributed by atoms with E-state index in [0.717, 1.165) is 11.3 Å². The first kappa shape index (κ1) is 15.3. The van der Waals surface area contributed by atoms with Crippen LogP contribution in [0.4, 0.5) is 0 Å². The van der Waals surface area contributed by atoms with Gasteiger partial charge < -0.3 is 15.2 Å². The number of halogens is 1. The molecule has 0 spiro atoms. The van der Waals surface area contributed by atoms with Gasteiger partial charge in [0.1, 0.15) is 12.4 Å². The molecule has 2 atom stereocenters. The third-order valence-corrected chi connectivity index (χ3v) is 3.89. The van der Waals surface area contributed by atoms with Crippen molar-refractivity contribution >= 4 is 11.6 Å². The lowest BCUT2D eigenvalue weighted by Crippen LogP contribution is -2.42. The number of alkyl halides is 1. The van der Waals surface area contributed by atoms with Gasteiger partial charge in [-0.15, -0.1) is 11.6 Å². The molecule has 0 fully saturated rings. The second-order valence-electron chi connectivity index (χ2n) is 4.68. The first-order chi connectivity index (χ1) is 8.56. The maximum Gasteiger partial charge on any atom is 0.123 e. The molecule has 0 aliphatic carbocycles. The minimum atomic E-state index is -0.300. The zero-order valence-electron chi connectivity index (χ0n) is 11.3. The van der Waals surface area contributed by atoms with Crippen molar-refractivity contribution < 1.29 is 9.47 Å². The van der Waals surface area contributed by atoms with Crippen molar-refractivity contribution in [2.75, 3.05) is 26.2 Å². The van der Waals surface area contributed by atoms with Gasteiger partial charge in [-0.3, -0.25) is 0 Å². The Bertz CT molecular complexity index is 371. The Balaban J connectivity index is 2.99. The highest BCUT2D eigenvalue weighted by Gasteiger charge is 2.32. The van der Waals surface area contributed by atoms with Crippen LogP contribution in [0.3, 0.4) is 0 Å². The summed E-state index contributed by atoms with van der Waals surface area (Å²) in [7, 11) is 1.65. The van der Waals surface area contributed by atoms with Crippen LogP contribution in [-0.2, 0) is 10.2 Å².